The number of nitrogens with one attached hydrogen (secondary N) is 1. The summed E-state index contributed by atoms with van der Waals surface area (Å²) in [6.45, 7) is 4.59. The third kappa shape index (κ3) is 3.79. The van der Waals surface area contributed by atoms with Crippen LogP contribution in [0.1, 0.15) is 23.8 Å². The molecule has 2 aromatic heterocycles. The van der Waals surface area contributed by atoms with E-state index >= 15 is 0 Å². The maximum Gasteiger partial charge on any atom is 0.230 e. The predicted octanol–water partition coefficient (Wildman–Crippen LogP) is 4.11. The van der Waals surface area contributed by atoms with E-state index in [0.29, 0.717) is 12.3 Å². The van der Waals surface area contributed by atoms with Crippen molar-refractivity contribution in [3.63, 3.8) is 0 Å². The minimum atomic E-state index is -0.0230. The second-order valence-corrected chi connectivity index (χ2v) is 6.56. The van der Waals surface area contributed by atoms with E-state index in [0.717, 1.165) is 33.7 Å². The van der Waals surface area contributed by atoms with Gasteiger partial charge in [-0.1, -0.05) is 36.9 Å². The number of fused-ring (bicyclic) bond motifs is 1. The molecule has 0 spiro atoms. The van der Waals surface area contributed by atoms with E-state index in [1.165, 1.54) is 17.3 Å². The van der Waals surface area contributed by atoms with E-state index in [-0.39, 0.29) is 5.91 Å². The number of aryl methyl sites for hydroxylation is 2. The van der Waals surface area contributed by atoms with Crippen LogP contribution in [0, 0.1) is 6.92 Å². The summed E-state index contributed by atoms with van der Waals surface area (Å²) in [5, 5.41) is 4.95. The molecule has 0 aliphatic rings. The molecule has 0 saturated heterocycles. The molecule has 24 heavy (non-hydrogen) atoms. The van der Waals surface area contributed by atoms with Gasteiger partial charge in [0.05, 0.1) is 24.1 Å². The smallest absolute Gasteiger partial charge is 0.230 e. The second-order valence-electron chi connectivity index (χ2n) is 5.60. The number of hydrogen-bond donors (Lipinski definition) is 1. The largest absolute Gasteiger partial charge is 0.467 e. The zero-order valence-electron chi connectivity index (χ0n) is 13.8. The van der Waals surface area contributed by atoms with E-state index in [1.807, 2.05) is 18.2 Å². The SMILES string of the molecule is CCc1cc2cccc(C)c2nc1SCC(=O)NCc1ccco1. The van der Waals surface area contributed by atoms with Gasteiger partial charge >= 0.3 is 0 Å². The lowest BCUT2D eigenvalue weighted by atomic mass is 10.1. The fourth-order valence-electron chi connectivity index (χ4n) is 2.54. The number of hydrogen-bond acceptors (Lipinski definition) is 4. The fraction of sp³-hybridized carbons (Fsp3) is 0.263. The lowest BCUT2D eigenvalue weighted by molar-refractivity contribution is -0.118. The lowest BCUT2D eigenvalue weighted by Gasteiger charge is -2.10. The maximum atomic E-state index is 12.0. The summed E-state index contributed by atoms with van der Waals surface area (Å²) in [5.41, 5.74) is 3.34. The van der Waals surface area contributed by atoms with Crippen LogP contribution >= 0.6 is 11.8 Å². The maximum absolute atomic E-state index is 12.0. The molecular weight excluding hydrogens is 320 g/mol. The molecule has 124 valence electrons. The Balaban J connectivity index is 1.69. The number of aromatic nitrogens is 1. The van der Waals surface area contributed by atoms with E-state index in [9.17, 15) is 4.79 Å². The number of furan rings is 1. The summed E-state index contributed by atoms with van der Waals surface area (Å²) < 4.78 is 5.21. The van der Waals surface area contributed by atoms with E-state index in [2.05, 4.69) is 37.4 Å². The van der Waals surface area contributed by atoms with Crippen molar-refractivity contribution in [1.29, 1.82) is 0 Å². The van der Waals surface area contributed by atoms with Crippen LogP contribution in [0.15, 0.2) is 52.1 Å². The van der Waals surface area contributed by atoms with Crippen LogP contribution in [0.5, 0.6) is 0 Å². The van der Waals surface area contributed by atoms with Crippen molar-refractivity contribution in [2.24, 2.45) is 0 Å². The summed E-state index contributed by atoms with van der Waals surface area (Å²) in [6, 6.07) is 12.0. The van der Waals surface area contributed by atoms with E-state index in [1.54, 1.807) is 6.26 Å². The van der Waals surface area contributed by atoms with Gasteiger partial charge in [-0.3, -0.25) is 4.79 Å². The first-order valence-corrected chi connectivity index (χ1v) is 8.97. The van der Waals surface area contributed by atoms with Gasteiger partial charge in [-0.2, -0.15) is 0 Å². The average Bonchev–Trinajstić information content (AvgIpc) is 3.11. The Morgan fingerprint density at radius 2 is 2.17 bits per heavy atom. The number of carbonyl (C=O) groups is 1. The molecule has 0 atom stereocenters. The quantitative estimate of drug-likeness (QED) is 0.686. The highest BCUT2D eigenvalue weighted by atomic mass is 32.2. The highest BCUT2D eigenvalue weighted by Gasteiger charge is 2.10. The molecule has 0 fully saturated rings. The minimum absolute atomic E-state index is 0.0230. The van der Waals surface area contributed by atoms with Gasteiger partial charge in [0.1, 0.15) is 10.8 Å². The highest BCUT2D eigenvalue weighted by Crippen LogP contribution is 2.26. The number of pyridine rings is 1. The highest BCUT2D eigenvalue weighted by molar-refractivity contribution is 7.99. The van der Waals surface area contributed by atoms with Crippen LogP contribution in [0.2, 0.25) is 0 Å². The molecule has 4 nitrogen and oxygen atoms in total. The zero-order valence-corrected chi connectivity index (χ0v) is 14.7. The van der Waals surface area contributed by atoms with Crippen LogP contribution in [0.4, 0.5) is 0 Å². The van der Waals surface area contributed by atoms with Gasteiger partial charge < -0.3 is 9.73 Å². The monoisotopic (exact) mass is 340 g/mol. The Morgan fingerprint density at radius 3 is 2.92 bits per heavy atom. The van der Waals surface area contributed by atoms with Crippen molar-refractivity contribution in [3.05, 3.63) is 59.5 Å². The van der Waals surface area contributed by atoms with Gasteiger partial charge in [0.2, 0.25) is 5.91 Å². The lowest BCUT2D eigenvalue weighted by Crippen LogP contribution is -2.24. The van der Waals surface area contributed by atoms with Crippen LogP contribution in [0.3, 0.4) is 0 Å². The number of carbonyl (C=O) groups excluding carboxylic acids is 1. The molecule has 1 aromatic carbocycles. The molecule has 1 amide bonds. The summed E-state index contributed by atoms with van der Waals surface area (Å²) >= 11 is 1.49. The van der Waals surface area contributed by atoms with Crippen molar-refractivity contribution in [2.75, 3.05) is 5.75 Å². The molecule has 0 radical (unpaired) electrons. The van der Waals surface area contributed by atoms with Gasteiger partial charge in [0, 0.05) is 5.39 Å². The summed E-state index contributed by atoms with van der Waals surface area (Å²) in [6.07, 6.45) is 2.50. The molecule has 0 bridgehead atoms. The van der Waals surface area contributed by atoms with Gasteiger partial charge in [-0.25, -0.2) is 4.98 Å². The molecular formula is C19H20N2O2S. The average molecular weight is 340 g/mol. The van der Waals surface area contributed by atoms with Gasteiger partial charge in [0.15, 0.2) is 0 Å². The topological polar surface area (TPSA) is 55.1 Å². The number of nitrogens with zero attached hydrogens (tertiary/aromatic N) is 1. The van der Waals surface area contributed by atoms with Crippen LogP contribution in [-0.4, -0.2) is 16.6 Å². The third-order valence-electron chi connectivity index (χ3n) is 3.85. The van der Waals surface area contributed by atoms with Gasteiger partial charge in [-0.05, 0) is 42.7 Å². The Hall–Kier alpha value is -2.27. The second kappa shape index (κ2) is 7.53. The van der Waals surface area contributed by atoms with Crippen LogP contribution < -0.4 is 5.32 Å². The van der Waals surface area contributed by atoms with Crippen molar-refractivity contribution < 1.29 is 9.21 Å². The Morgan fingerprint density at radius 1 is 1.29 bits per heavy atom. The number of para-hydroxylation sites is 1. The summed E-state index contributed by atoms with van der Waals surface area (Å²) in [5.74, 6) is 1.07. The van der Waals surface area contributed by atoms with Gasteiger partial charge in [-0.15, -0.1) is 0 Å². The van der Waals surface area contributed by atoms with Crippen LogP contribution in [0.25, 0.3) is 10.9 Å². The van der Waals surface area contributed by atoms with E-state index in [4.69, 9.17) is 9.40 Å². The molecule has 0 aliphatic heterocycles. The van der Waals surface area contributed by atoms with Crippen molar-refractivity contribution in [1.82, 2.24) is 10.3 Å². The third-order valence-corrected chi connectivity index (χ3v) is 4.88. The number of rotatable bonds is 6. The molecule has 1 N–H and O–H groups in total. The number of amides is 1. The first-order valence-electron chi connectivity index (χ1n) is 7.98. The zero-order chi connectivity index (χ0) is 16.9. The van der Waals surface area contributed by atoms with Gasteiger partial charge in [0.25, 0.3) is 0 Å². The summed E-state index contributed by atoms with van der Waals surface area (Å²) in [4.78, 5) is 16.8. The van der Waals surface area contributed by atoms with E-state index < -0.39 is 0 Å². The number of benzene rings is 1. The fourth-order valence-corrected chi connectivity index (χ4v) is 3.45. The summed E-state index contributed by atoms with van der Waals surface area (Å²) in [7, 11) is 0. The molecule has 0 unspecified atom stereocenters. The first kappa shape index (κ1) is 16.6. The Kier molecular flexibility index (Phi) is 5.20. The Bertz CT molecular complexity index is 844. The molecule has 2 heterocycles. The molecule has 3 aromatic rings. The molecule has 3 rings (SSSR count). The normalized spacial score (nSPS) is 10.9. The Labute approximate surface area is 145 Å². The molecule has 0 saturated carbocycles. The van der Waals surface area contributed by atoms with Crippen molar-refractivity contribution in [3.8, 4) is 0 Å². The van der Waals surface area contributed by atoms with Crippen molar-refractivity contribution >= 4 is 28.6 Å². The minimum Gasteiger partial charge on any atom is -0.467 e. The first-order chi connectivity index (χ1) is 11.7. The van der Waals surface area contributed by atoms with Crippen LogP contribution in [-0.2, 0) is 17.8 Å². The van der Waals surface area contributed by atoms with Crippen molar-refractivity contribution in [2.45, 2.75) is 31.8 Å². The predicted molar refractivity (Wildman–Crippen MR) is 97.1 cm³/mol. The molecule has 0 aliphatic carbocycles. The number of thioether (sulfide) groups is 1. The molecule has 5 heteroatoms. The standard InChI is InChI=1S/C19H20N2O2S/c1-3-14-10-15-7-4-6-13(2)18(15)21-19(14)24-12-17(22)20-11-16-8-5-9-23-16/h4-10H,3,11-12H2,1-2H3,(H,20,22).